The van der Waals surface area contributed by atoms with E-state index in [4.69, 9.17) is 23.2 Å². The van der Waals surface area contributed by atoms with Crippen LogP contribution in [0.15, 0.2) is 59.4 Å². The highest BCUT2D eigenvalue weighted by atomic mass is 35.5. The summed E-state index contributed by atoms with van der Waals surface area (Å²) in [5.41, 5.74) is 0.401. The molecule has 0 radical (unpaired) electrons. The first kappa shape index (κ1) is 43.8. The van der Waals surface area contributed by atoms with E-state index in [1.807, 2.05) is 23.1 Å². The first-order valence-corrected chi connectivity index (χ1v) is 23.7. The van der Waals surface area contributed by atoms with Gasteiger partial charge in [-0.05, 0) is 111 Å². The van der Waals surface area contributed by atoms with Crippen molar-refractivity contribution in [1.82, 2.24) is 29.7 Å². The minimum absolute atomic E-state index is 0.0743. The van der Waals surface area contributed by atoms with E-state index in [1.165, 1.54) is 10.6 Å². The maximum Gasteiger partial charge on any atom is 0.329 e. The lowest BCUT2D eigenvalue weighted by Crippen LogP contribution is -2.61. The number of piperidine rings is 2. The van der Waals surface area contributed by atoms with Crippen LogP contribution in [0.25, 0.3) is 11.0 Å². The summed E-state index contributed by atoms with van der Waals surface area (Å²) in [7, 11) is 1.68. The molecule has 5 amide bonds. The minimum atomic E-state index is -1.55. The SMILES string of the molecule is Cn1c(=O)n(C2CCC(=O)NC2=O)c2ccc(C3CCN(C(=O)C4CCC(NC(=O)[C@H]5[C@H](c6cccc(Cl)c6F)[C@]6(C(=O)Nc7cc(Cl)ccc76)C6(CCCCC6)N5O)CC4)CC3)cc21. The Labute approximate surface area is 384 Å². The third-order valence-corrected chi connectivity index (χ3v) is 16.4. The van der Waals surface area contributed by atoms with E-state index in [1.54, 1.807) is 41.9 Å². The molecular formula is C48H52Cl2FN7O7. The number of fused-ring (bicyclic) bond motifs is 4. The molecule has 3 saturated heterocycles. The van der Waals surface area contributed by atoms with E-state index in [0.29, 0.717) is 91.8 Å². The number of benzene rings is 3. The number of hydrogen-bond donors (Lipinski definition) is 4. The van der Waals surface area contributed by atoms with Crippen LogP contribution in [-0.4, -0.2) is 84.6 Å². The van der Waals surface area contributed by atoms with E-state index in [0.717, 1.165) is 29.9 Å². The Morgan fingerprint density at radius 2 is 1.60 bits per heavy atom. The number of amides is 5. The molecular weight excluding hydrogens is 876 g/mol. The Balaban J connectivity index is 0.827. The molecule has 4 N–H and O–H groups in total. The van der Waals surface area contributed by atoms with E-state index in [-0.39, 0.29) is 58.8 Å². The summed E-state index contributed by atoms with van der Waals surface area (Å²) in [6.07, 6.45) is 7.20. The molecule has 342 valence electrons. The number of halogens is 3. The highest BCUT2D eigenvalue weighted by molar-refractivity contribution is 6.31. The number of aromatic nitrogens is 2. The van der Waals surface area contributed by atoms with Gasteiger partial charge in [0, 0.05) is 55.1 Å². The Hall–Kier alpha value is -5.09. The third-order valence-electron chi connectivity index (χ3n) is 15.8. The normalized spacial score (nSPS) is 28.2. The molecule has 17 heteroatoms. The van der Waals surface area contributed by atoms with Gasteiger partial charge in [0.1, 0.15) is 23.3 Å². The summed E-state index contributed by atoms with van der Waals surface area (Å²) in [5.74, 6) is -3.61. The van der Waals surface area contributed by atoms with Crippen LogP contribution < -0.4 is 21.6 Å². The molecule has 4 aromatic rings. The lowest BCUT2D eigenvalue weighted by molar-refractivity contribution is -0.199. The monoisotopic (exact) mass is 927 g/mol. The van der Waals surface area contributed by atoms with Crippen molar-refractivity contribution in [3.05, 3.63) is 97.6 Å². The molecule has 2 aliphatic carbocycles. The van der Waals surface area contributed by atoms with Crippen molar-refractivity contribution < 1.29 is 33.6 Å². The largest absolute Gasteiger partial charge is 0.352 e. The fourth-order valence-electron chi connectivity index (χ4n) is 12.7. The van der Waals surface area contributed by atoms with Crippen LogP contribution in [0, 0.1) is 11.7 Å². The first-order chi connectivity index (χ1) is 31.2. The van der Waals surface area contributed by atoms with Gasteiger partial charge in [-0.1, -0.05) is 66.7 Å². The number of hydroxylamine groups is 2. The van der Waals surface area contributed by atoms with Crippen molar-refractivity contribution in [3.63, 3.8) is 0 Å². The van der Waals surface area contributed by atoms with Gasteiger partial charge in [-0.25, -0.2) is 9.18 Å². The Kier molecular flexibility index (Phi) is 11.2. The van der Waals surface area contributed by atoms with Crippen LogP contribution in [0.5, 0.6) is 0 Å². The topological polar surface area (TPSA) is 175 Å². The highest BCUT2D eigenvalue weighted by Crippen LogP contribution is 2.66. The number of carbonyl (C=O) groups is 5. The molecule has 3 aromatic carbocycles. The number of anilines is 1. The molecule has 4 aliphatic heterocycles. The van der Waals surface area contributed by atoms with Gasteiger partial charge in [0.15, 0.2) is 0 Å². The van der Waals surface area contributed by atoms with Gasteiger partial charge in [-0.2, -0.15) is 5.06 Å². The second-order valence-corrected chi connectivity index (χ2v) is 19.9. The van der Waals surface area contributed by atoms with E-state index in [9.17, 15) is 34.0 Å². The zero-order valence-corrected chi connectivity index (χ0v) is 37.6. The molecule has 1 aromatic heterocycles. The van der Waals surface area contributed by atoms with E-state index < -0.39 is 52.5 Å². The molecule has 4 atom stereocenters. The van der Waals surface area contributed by atoms with Gasteiger partial charge in [0.2, 0.25) is 29.5 Å². The number of rotatable bonds is 6. The van der Waals surface area contributed by atoms with Crippen LogP contribution in [0.1, 0.15) is 118 Å². The van der Waals surface area contributed by atoms with E-state index in [2.05, 4.69) is 16.0 Å². The predicted molar refractivity (Wildman–Crippen MR) is 240 cm³/mol. The summed E-state index contributed by atoms with van der Waals surface area (Å²) < 4.78 is 19.4. The smallest absolute Gasteiger partial charge is 0.329 e. The number of hydrogen-bond acceptors (Lipinski definition) is 8. The fourth-order valence-corrected chi connectivity index (χ4v) is 13.1. The number of aryl methyl sites for hydroxylation is 1. The second kappa shape index (κ2) is 16.7. The quantitative estimate of drug-likeness (QED) is 0.157. The summed E-state index contributed by atoms with van der Waals surface area (Å²) in [6, 6.07) is 13.1. The molecule has 10 rings (SSSR count). The lowest BCUT2D eigenvalue weighted by Gasteiger charge is -2.48. The van der Waals surface area contributed by atoms with Gasteiger partial charge < -0.3 is 20.7 Å². The van der Waals surface area contributed by atoms with Crippen molar-refractivity contribution in [2.45, 2.75) is 124 Å². The molecule has 1 unspecified atom stereocenters. The van der Waals surface area contributed by atoms with Crippen molar-refractivity contribution in [1.29, 1.82) is 0 Å². The Morgan fingerprint density at radius 3 is 2.32 bits per heavy atom. The van der Waals surface area contributed by atoms with E-state index >= 15 is 4.39 Å². The second-order valence-electron chi connectivity index (χ2n) is 19.0. The Bertz CT molecular complexity index is 2700. The minimum Gasteiger partial charge on any atom is -0.352 e. The van der Waals surface area contributed by atoms with Gasteiger partial charge in [-0.3, -0.25) is 38.4 Å². The summed E-state index contributed by atoms with van der Waals surface area (Å²) in [4.78, 5) is 83.2. The maximum atomic E-state index is 16.4. The molecule has 0 bridgehead atoms. The fraction of sp³-hybridized carbons (Fsp3) is 0.500. The first-order valence-electron chi connectivity index (χ1n) is 22.9. The summed E-state index contributed by atoms with van der Waals surface area (Å²) in [5, 5.41) is 22.3. The molecule has 14 nitrogen and oxygen atoms in total. The van der Waals surface area contributed by atoms with Gasteiger partial charge >= 0.3 is 5.69 Å². The van der Waals surface area contributed by atoms with Crippen molar-refractivity contribution in [2.75, 3.05) is 18.4 Å². The van der Waals surface area contributed by atoms with Gasteiger partial charge in [0.05, 0.1) is 21.6 Å². The molecule has 6 aliphatic rings. The standard InChI is InChI=1S/C48H52Cl2FN7O7/c1-55-37-24-28(10-15-35(37)57(46(55)64)36-16-17-38(59)54-42(36)60)26-18-22-56(23-19-26)44(62)27-8-12-30(13-9-27)52-43(61)41-39(31-6-5-7-33(50)40(31)51)48(47(58(41)65)20-3-2-4-21-47)32-14-11-29(49)25-34(32)53-45(48)63/h5-7,10-11,14-15,24-27,30,36,39,41,65H,2-4,8-9,12-13,16-23H2,1H3,(H,52,61)(H,53,63)(H,54,59,60)/t27?,30?,36?,39-,41+,48+/m0/s1. The highest BCUT2D eigenvalue weighted by Gasteiger charge is 2.76. The predicted octanol–water partition coefficient (Wildman–Crippen LogP) is 6.59. The number of imide groups is 1. The molecule has 5 fully saturated rings. The number of likely N-dealkylation sites (tertiary alicyclic amines) is 1. The van der Waals surface area contributed by atoms with Crippen LogP contribution in [-0.2, 0) is 36.4 Å². The maximum absolute atomic E-state index is 16.4. The van der Waals surface area contributed by atoms with Crippen LogP contribution in [0.4, 0.5) is 10.1 Å². The Morgan fingerprint density at radius 1 is 0.862 bits per heavy atom. The number of nitrogens with one attached hydrogen (secondary N) is 3. The third kappa shape index (κ3) is 6.85. The van der Waals surface area contributed by atoms with Crippen molar-refractivity contribution >= 4 is 69.5 Å². The number of imidazole rings is 1. The molecule has 2 saturated carbocycles. The molecule has 2 spiro atoms. The number of nitrogens with zero attached hydrogens (tertiary/aromatic N) is 4. The molecule has 5 heterocycles. The van der Waals surface area contributed by atoms with Gasteiger partial charge in [0.25, 0.3) is 0 Å². The average molecular weight is 929 g/mol. The van der Waals surface area contributed by atoms with Crippen LogP contribution >= 0.6 is 23.2 Å². The van der Waals surface area contributed by atoms with Crippen LogP contribution in [0.2, 0.25) is 10.0 Å². The van der Waals surface area contributed by atoms with Crippen molar-refractivity contribution in [2.24, 2.45) is 13.0 Å². The molecule has 65 heavy (non-hydrogen) atoms. The lowest BCUT2D eigenvalue weighted by atomic mass is 9.55. The summed E-state index contributed by atoms with van der Waals surface area (Å²) >= 11 is 12.8. The van der Waals surface area contributed by atoms with Crippen molar-refractivity contribution in [3.8, 4) is 0 Å². The summed E-state index contributed by atoms with van der Waals surface area (Å²) in [6.45, 7) is 1.16. The zero-order chi connectivity index (χ0) is 45.5. The van der Waals surface area contributed by atoms with Crippen LogP contribution in [0.3, 0.4) is 0 Å². The number of carbonyl (C=O) groups excluding carboxylic acids is 5. The average Bonchev–Trinajstić information content (AvgIpc) is 3.82. The van der Waals surface area contributed by atoms with Gasteiger partial charge in [-0.15, -0.1) is 0 Å². The zero-order valence-electron chi connectivity index (χ0n) is 36.1.